The molecule has 0 aliphatic heterocycles. The number of Topliss-reactive ketones (excluding diaryl/α,β-unsaturated/α-hetero) is 1. The molecule has 0 aliphatic carbocycles. The smallest absolute Gasteiger partial charge is 0.408 e. The van der Waals surface area contributed by atoms with Gasteiger partial charge in [-0.3, -0.25) is 14.4 Å². The van der Waals surface area contributed by atoms with Crippen molar-refractivity contribution in [1.82, 2.24) is 10.6 Å². The molecule has 0 heterocycles. The summed E-state index contributed by atoms with van der Waals surface area (Å²) in [6.45, 7) is 8.94. The van der Waals surface area contributed by atoms with Crippen LogP contribution < -0.4 is 10.6 Å². The molecule has 0 aliphatic rings. The van der Waals surface area contributed by atoms with E-state index in [-0.39, 0.29) is 30.6 Å². The lowest BCUT2D eigenvalue weighted by Gasteiger charge is -2.24. The first kappa shape index (κ1) is 23.3. The standard InChI is InChI=1S/C21H30N2O5/c1-14(2)10-17(23-20(27)28-21(3,4)5)18(25)12-22-19(26)11-15-6-8-16(13-24)9-7-15/h6-9,13-14,17H,10-12H2,1-5H3,(H,22,26)(H,23,27)/t17-/m0/s1. The highest BCUT2D eigenvalue weighted by molar-refractivity contribution is 5.92. The number of carbonyl (C=O) groups is 4. The molecular formula is C21H30N2O5. The monoisotopic (exact) mass is 390 g/mol. The Morgan fingerprint density at radius 1 is 1.11 bits per heavy atom. The zero-order valence-electron chi connectivity index (χ0n) is 17.2. The zero-order valence-corrected chi connectivity index (χ0v) is 17.2. The molecule has 28 heavy (non-hydrogen) atoms. The van der Waals surface area contributed by atoms with Gasteiger partial charge in [0, 0.05) is 5.56 Å². The summed E-state index contributed by atoms with van der Waals surface area (Å²) in [6.07, 6.45) is 0.616. The molecule has 0 saturated heterocycles. The van der Waals surface area contributed by atoms with Crippen LogP contribution in [0, 0.1) is 5.92 Å². The molecule has 0 bridgehead atoms. The van der Waals surface area contributed by atoms with Crippen molar-refractivity contribution >= 4 is 24.1 Å². The van der Waals surface area contributed by atoms with Crippen molar-refractivity contribution in [2.24, 2.45) is 5.92 Å². The molecule has 1 aromatic rings. The number of hydrogen-bond acceptors (Lipinski definition) is 5. The second-order valence-corrected chi connectivity index (χ2v) is 8.11. The third-order valence-electron chi connectivity index (χ3n) is 3.73. The van der Waals surface area contributed by atoms with Gasteiger partial charge in [0.05, 0.1) is 19.0 Å². The van der Waals surface area contributed by atoms with Gasteiger partial charge in [-0.1, -0.05) is 38.1 Å². The van der Waals surface area contributed by atoms with E-state index in [1.54, 1.807) is 45.0 Å². The average Bonchev–Trinajstić information content (AvgIpc) is 2.57. The summed E-state index contributed by atoms with van der Waals surface area (Å²) in [5.74, 6) is -0.423. The molecule has 0 unspecified atom stereocenters. The SMILES string of the molecule is CC(C)C[C@H](NC(=O)OC(C)(C)C)C(=O)CNC(=O)Cc1ccc(C=O)cc1. The Bertz CT molecular complexity index is 690. The summed E-state index contributed by atoms with van der Waals surface area (Å²) in [4.78, 5) is 47.2. The van der Waals surface area contributed by atoms with Crippen LogP contribution in [-0.4, -0.2) is 42.3 Å². The summed E-state index contributed by atoms with van der Waals surface area (Å²) in [7, 11) is 0. The van der Waals surface area contributed by atoms with E-state index in [2.05, 4.69) is 10.6 Å². The lowest BCUT2D eigenvalue weighted by molar-refractivity contribution is -0.125. The van der Waals surface area contributed by atoms with Gasteiger partial charge in [0.1, 0.15) is 11.9 Å². The molecule has 154 valence electrons. The minimum Gasteiger partial charge on any atom is -0.444 e. The molecule has 0 aromatic heterocycles. The first-order valence-electron chi connectivity index (χ1n) is 9.33. The number of ether oxygens (including phenoxy) is 1. The van der Waals surface area contributed by atoms with Crippen LogP contribution in [0.2, 0.25) is 0 Å². The maximum atomic E-state index is 12.5. The van der Waals surface area contributed by atoms with Crippen molar-refractivity contribution in [3.63, 3.8) is 0 Å². The Morgan fingerprint density at radius 3 is 2.21 bits per heavy atom. The highest BCUT2D eigenvalue weighted by atomic mass is 16.6. The Hall–Kier alpha value is -2.70. The summed E-state index contributed by atoms with van der Waals surface area (Å²) >= 11 is 0. The highest BCUT2D eigenvalue weighted by Gasteiger charge is 2.25. The van der Waals surface area contributed by atoms with E-state index in [1.165, 1.54) is 0 Å². The third kappa shape index (κ3) is 9.30. The second-order valence-electron chi connectivity index (χ2n) is 8.11. The Kier molecular flexibility index (Phi) is 8.82. The van der Waals surface area contributed by atoms with Gasteiger partial charge in [0.25, 0.3) is 0 Å². The Morgan fingerprint density at radius 2 is 1.71 bits per heavy atom. The Labute approximate surface area is 166 Å². The normalized spacial score (nSPS) is 12.2. The van der Waals surface area contributed by atoms with Crippen LogP contribution in [0.3, 0.4) is 0 Å². The van der Waals surface area contributed by atoms with Crippen LogP contribution in [0.25, 0.3) is 0 Å². The summed E-state index contributed by atoms with van der Waals surface area (Å²) in [5.41, 5.74) is 0.605. The number of amides is 2. The van der Waals surface area contributed by atoms with E-state index < -0.39 is 17.7 Å². The maximum Gasteiger partial charge on any atom is 0.408 e. The van der Waals surface area contributed by atoms with Gasteiger partial charge < -0.3 is 15.4 Å². The fraction of sp³-hybridized carbons (Fsp3) is 0.524. The molecule has 0 fully saturated rings. The van der Waals surface area contributed by atoms with E-state index in [9.17, 15) is 19.2 Å². The molecule has 7 nitrogen and oxygen atoms in total. The van der Waals surface area contributed by atoms with Crippen molar-refractivity contribution in [2.75, 3.05) is 6.54 Å². The maximum absolute atomic E-state index is 12.5. The first-order valence-corrected chi connectivity index (χ1v) is 9.33. The molecular weight excluding hydrogens is 360 g/mol. The van der Waals surface area contributed by atoms with E-state index >= 15 is 0 Å². The number of ketones is 1. The van der Waals surface area contributed by atoms with Crippen molar-refractivity contribution < 1.29 is 23.9 Å². The van der Waals surface area contributed by atoms with Crippen molar-refractivity contribution in [3.05, 3.63) is 35.4 Å². The predicted octanol–water partition coefficient (Wildman–Crippen LogP) is 2.67. The van der Waals surface area contributed by atoms with Crippen molar-refractivity contribution in [3.8, 4) is 0 Å². The fourth-order valence-electron chi connectivity index (χ4n) is 2.46. The molecule has 2 N–H and O–H groups in total. The van der Waals surface area contributed by atoms with E-state index in [0.29, 0.717) is 12.0 Å². The summed E-state index contributed by atoms with van der Waals surface area (Å²) < 4.78 is 5.21. The molecule has 7 heteroatoms. The molecule has 1 atom stereocenters. The van der Waals surface area contributed by atoms with Crippen LogP contribution >= 0.6 is 0 Å². The second kappa shape index (κ2) is 10.6. The topological polar surface area (TPSA) is 102 Å². The minimum absolute atomic E-state index is 0.0980. The number of aldehydes is 1. The van der Waals surface area contributed by atoms with E-state index in [0.717, 1.165) is 11.8 Å². The van der Waals surface area contributed by atoms with Gasteiger partial charge in [-0.2, -0.15) is 0 Å². The predicted molar refractivity (Wildman–Crippen MR) is 106 cm³/mol. The lowest BCUT2D eigenvalue weighted by atomic mass is 10.00. The van der Waals surface area contributed by atoms with Crippen LogP contribution in [-0.2, 0) is 20.7 Å². The summed E-state index contributed by atoms with van der Waals surface area (Å²) in [6, 6.07) is 5.91. The number of hydrogen-bond donors (Lipinski definition) is 2. The van der Waals surface area contributed by atoms with Gasteiger partial charge in [0.2, 0.25) is 5.91 Å². The zero-order chi connectivity index (χ0) is 21.3. The summed E-state index contributed by atoms with van der Waals surface area (Å²) in [5, 5.41) is 5.18. The number of benzene rings is 1. The number of alkyl carbamates (subject to hydrolysis) is 1. The molecule has 0 spiro atoms. The third-order valence-corrected chi connectivity index (χ3v) is 3.73. The lowest BCUT2D eigenvalue weighted by Crippen LogP contribution is -2.47. The van der Waals surface area contributed by atoms with E-state index in [1.807, 2.05) is 13.8 Å². The van der Waals surface area contributed by atoms with Crippen LogP contribution in [0.15, 0.2) is 24.3 Å². The molecule has 2 amide bonds. The largest absolute Gasteiger partial charge is 0.444 e. The van der Waals surface area contributed by atoms with Gasteiger partial charge in [-0.05, 0) is 38.7 Å². The van der Waals surface area contributed by atoms with Gasteiger partial charge in [-0.25, -0.2) is 4.79 Å². The number of rotatable bonds is 9. The number of nitrogens with one attached hydrogen (secondary N) is 2. The van der Waals surface area contributed by atoms with Crippen LogP contribution in [0.5, 0.6) is 0 Å². The van der Waals surface area contributed by atoms with Crippen molar-refractivity contribution in [1.29, 1.82) is 0 Å². The van der Waals surface area contributed by atoms with Gasteiger partial charge >= 0.3 is 6.09 Å². The van der Waals surface area contributed by atoms with Crippen LogP contribution in [0.4, 0.5) is 4.79 Å². The van der Waals surface area contributed by atoms with Crippen LogP contribution in [0.1, 0.15) is 57.0 Å². The first-order chi connectivity index (χ1) is 13.0. The quantitative estimate of drug-likeness (QED) is 0.631. The van der Waals surface area contributed by atoms with E-state index in [4.69, 9.17) is 4.74 Å². The minimum atomic E-state index is -0.734. The van der Waals surface area contributed by atoms with Crippen molar-refractivity contribution in [2.45, 2.75) is 59.1 Å². The number of carbonyl (C=O) groups excluding carboxylic acids is 4. The van der Waals surface area contributed by atoms with Gasteiger partial charge in [-0.15, -0.1) is 0 Å². The molecule has 1 aromatic carbocycles. The molecule has 0 radical (unpaired) electrons. The average molecular weight is 390 g/mol. The molecule has 1 rings (SSSR count). The fourth-order valence-corrected chi connectivity index (χ4v) is 2.46. The van der Waals surface area contributed by atoms with Gasteiger partial charge in [0.15, 0.2) is 5.78 Å². The Balaban J connectivity index is 2.59. The molecule has 0 saturated carbocycles. The highest BCUT2D eigenvalue weighted by Crippen LogP contribution is 2.10.